The molecule has 1 unspecified atom stereocenters. The van der Waals surface area contributed by atoms with Crippen molar-refractivity contribution in [2.45, 2.75) is 44.3 Å². The van der Waals surface area contributed by atoms with Gasteiger partial charge in [-0.3, -0.25) is 0 Å². The van der Waals surface area contributed by atoms with Crippen LogP contribution in [0.5, 0.6) is 0 Å². The Morgan fingerprint density at radius 2 is 1.86 bits per heavy atom. The Morgan fingerprint density at radius 3 is 2.59 bits per heavy atom. The summed E-state index contributed by atoms with van der Waals surface area (Å²) in [5.74, 6) is 0. The predicted octanol–water partition coefficient (Wildman–Crippen LogP) is 6.54. The number of aromatic nitrogens is 2. The number of rotatable bonds is 6. The highest BCUT2D eigenvalue weighted by molar-refractivity contribution is 6.35. The molecule has 4 nitrogen and oxygen atoms in total. The van der Waals surface area contributed by atoms with Crippen molar-refractivity contribution in [3.63, 3.8) is 0 Å². The minimum Gasteiger partial charge on any atom is -0.348 e. The van der Waals surface area contributed by atoms with Crippen LogP contribution in [-0.4, -0.2) is 21.9 Å². The molecule has 3 atom stereocenters. The summed E-state index contributed by atoms with van der Waals surface area (Å²) in [7, 11) is 0. The summed E-state index contributed by atoms with van der Waals surface area (Å²) in [5.41, 5.74) is 1.80. The minimum absolute atomic E-state index is 0.0782. The van der Waals surface area contributed by atoms with Gasteiger partial charge in [0.1, 0.15) is 6.10 Å². The van der Waals surface area contributed by atoms with Crippen molar-refractivity contribution in [2.75, 3.05) is 0 Å². The maximum absolute atomic E-state index is 6.51. The molecule has 2 aromatic carbocycles. The van der Waals surface area contributed by atoms with Crippen LogP contribution in [0, 0.1) is 0 Å². The molecule has 0 aliphatic carbocycles. The second kappa shape index (κ2) is 9.50. The van der Waals surface area contributed by atoms with Crippen LogP contribution in [0.2, 0.25) is 15.1 Å². The van der Waals surface area contributed by atoms with Gasteiger partial charge in [0.05, 0.1) is 12.4 Å². The molecule has 3 aromatic rings. The predicted molar refractivity (Wildman–Crippen MR) is 116 cm³/mol. The quantitative estimate of drug-likeness (QED) is 0.426. The van der Waals surface area contributed by atoms with Crippen LogP contribution in [0.15, 0.2) is 61.2 Å². The summed E-state index contributed by atoms with van der Waals surface area (Å²) in [4.78, 5) is 4.10. The third-order valence-electron chi connectivity index (χ3n) is 4.99. The zero-order valence-electron chi connectivity index (χ0n) is 15.7. The number of hydrogen-bond acceptors (Lipinski definition) is 3. The van der Waals surface area contributed by atoms with Gasteiger partial charge in [-0.15, -0.1) is 0 Å². The van der Waals surface area contributed by atoms with Crippen molar-refractivity contribution in [1.29, 1.82) is 0 Å². The Morgan fingerprint density at radius 1 is 1.07 bits per heavy atom. The monoisotopic (exact) mass is 450 g/mol. The Hall–Kier alpha value is -1.56. The van der Waals surface area contributed by atoms with E-state index in [1.165, 1.54) is 0 Å². The lowest BCUT2D eigenvalue weighted by molar-refractivity contribution is -0.212. The molecule has 1 aliphatic heterocycles. The number of halogens is 3. The molecule has 1 fully saturated rings. The molecule has 0 N–H and O–H groups in total. The summed E-state index contributed by atoms with van der Waals surface area (Å²) in [6.45, 7) is 0.757. The molecule has 1 aliphatic rings. The molecule has 4 rings (SSSR count). The van der Waals surface area contributed by atoms with E-state index in [0.29, 0.717) is 15.1 Å². The van der Waals surface area contributed by atoms with Crippen molar-refractivity contribution in [1.82, 2.24) is 9.55 Å². The summed E-state index contributed by atoms with van der Waals surface area (Å²) >= 11 is 18.7. The van der Waals surface area contributed by atoms with E-state index in [-0.39, 0.29) is 18.5 Å². The van der Waals surface area contributed by atoms with Crippen molar-refractivity contribution in [3.8, 4) is 0 Å². The molecule has 0 spiro atoms. The molecule has 2 heterocycles. The van der Waals surface area contributed by atoms with Gasteiger partial charge in [-0.2, -0.15) is 0 Å². The van der Waals surface area contributed by atoms with E-state index >= 15 is 0 Å². The number of benzene rings is 2. The first-order chi connectivity index (χ1) is 14.1. The molecule has 0 saturated carbocycles. The van der Waals surface area contributed by atoms with Crippen LogP contribution < -0.4 is 0 Å². The van der Waals surface area contributed by atoms with Crippen molar-refractivity contribution in [3.05, 3.63) is 87.4 Å². The first-order valence-corrected chi connectivity index (χ1v) is 10.7. The number of nitrogens with zero attached hydrogens (tertiary/aromatic N) is 2. The molecule has 1 saturated heterocycles. The van der Waals surface area contributed by atoms with E-state index in [1.807, 2.05) is 47.2 Å². The van der Waals surface area contributed by atoms with Gasteiger partial charge in [0.15, 0.2) is 6.29 Å². The van der Waals surface area contributed by atoms with Gasteiger partial charge >= 0.3 is 0 Å². The molecule has 29 heavy (non-hydrogen) atoms. The lowest BCUT2D eigenvalue weighted by Gasteiger charge is -2.33. The van der Waals surface area contributed by atoms with E-state index in [4.69, 9.17) is 44.3 Å². The Balaban J connectivity index is 1.55. The van der Waals surface area contributed by atoms with Crippen LogP contribution in [0.4, 0.5) is 0 Å². The fourth-order valence-electron chi connectivity index (χ4n) is 3.56. The third-order valence-corrected chi connectivity index (χ3v) is 5.80. The molecule has 7 heteroatoms. The Bertz CT molecular complexity index is 932. The van der Waals surface area contributed by atoms with Gasteiger partial charge in [-0.1, -0.05) is 53.0 Å². The maximum Gasteiger partial charge on any atom is 0.159 e. The molecule has 0 amide bonds. The average molecular weight is 452 g/mol. The zero-order chi connectivity index (χ0) is 20.2. The lowest BCUT2D eigenvalue weighted by atomic mass is 10.0. The average Bonchev–Trinajstić information content (AvgIpc) is 3.21. The van der Waals surface area contributed by atoms with Gasteiger partial charge in [0.2, 0.25) is 0 Å². The highest BCUT2D eigenvalue weighted by Crippen LogP contribution is 2.36. The summed E-state index contributed by atoms with van der Waals surface area (Å²) in [5, 5.41) is 1.81. The van der Waals surface area contributed by atoms with Crippen molar-refractivity contribution >= 4 is 34.8 Å². The fraction of sp³-hybridized carbons (Fsp3) is 0.318. The first kappa shape index (κ1) is 20.7. The SMILES string of the molecule is Clc1ccc(C(O[C@H]2CCC[C@H](Cn3ccnc3)O2)c2ccc(Cl)cc2Cl)cc1. The van der Waals surface area contributed by atoms with Crippen LogP contribution >= 0.6 is 34.8 Å². The lowest BCUT2D eigenvalue weighted by Crippen LogP contribution is -2.33. The number of hydrogen-bond donors (Lipinski definition) is 0. The molecule has 0 bridgehead atoms. The normalized spacial score (nSPS) is 20.5. The van der Waals surface area contributed by atoms with Crippen molar-refractivity contribution < 1.29 is 9.47 Å². The van der Waals surface area contributed by atoms with Crippen LogP contribution in [0.1, 0.15) is 36.5 Å². The number of ether oxygens (including phenoxy) is 2. The fourth-order valence-corrected chi connectivity index (χ4v) is 4.20. The highest BCUT2D eigenvalue weighted by atomic mass is 35.5. The second-order valence-electron chi connectivity index (χ2n) is 7.11. The van der Waals surface area contributed by atoms with Gasteiger partial charge in [-0.05, 0) is 49.1 Å². The molecule has 152 valence electrons. The number of imidazole rings is 1. The van der Waals surface area contributed by atoms with Gasteiger partial charge < -0.3 is 14.0 Å². The summed E-state index contributed by atoms with van der Waals surface area (Å²) in [6.07, 6.45) is 7.74. The van der Waals surface area contributed by atoms with E-state index in [0.717, 1.165) is 36.9 Å². The molecular weight excluding hydrogens is 431 g/mol. The van der Waals surface area contributed by atoms with E-state index in [9.17, 15) is 0 Å². The smallest absolute Gasteiger partial charge is 0.159 e. The van der Waals surface area contributed by atoms with Gasteiger partial charge in [0, 0.05) is 39.6 Å². The van der Waals surface area contributed by atoms with Crippen molar-refractivity contribution in [2.24, 2.45) is 0 Å². The van der Waals surface area contributed by atoms with Crippen LogP contribution in [-0.2, 0) is 16.0 Å². The zero-order valence-corrected chi connectivity index (χ0v) is 17.9. The van der Waals surface area contributed by atoms with Gasteiger partial charge in [0.25, 0.3) is 0 Å². The third kappa shape index (κ3) is 5.33. The summed E-state index contributed by atoms with van der Waals surface area (Å²) < 4.78 is 14.7. The molecule has 0 radical (unpaired) electrons. The largest absolute Gasteiger partial charge is 0.348 e. The molecule has 1 aromatic heterocycles. The second-order valence-corrected chi connectivity index (χ2v) is 8.39. The maximum atomic E-state index is 6.51. The Labute approximate surface area is 185 Å². The highest BCUT2D eigenvalue weighted by Gasteiger charge is 2.28. The summed E-state index contributed by atoms with van der Waals surface area (Å²) in [6, 6.07) is 13.0. The minimum atomic E-state index is -0.381. The van der Waals surface area contributed by atoms with E-state index in [1.54, 1.807) is 18.6 Å². The van der Waals surface area contributed by atoms with E-state index in [2.05, 4.69) is 4.98 Å². The van der Waals surface area contributed by atoms with Gasteiger partial charge in [-0.25, -0.2) is 4.98 Å². The van der Waals surface area contributed by atoms with E-state index < -0.39 is 0 Å². The standard InChI is InChI=1S/C22H21Cl3N2O2/c23-16-6-4-15(5-7-16)22(19-9-8-17(24)12-20(19)25)29-21-3-1-2-18(28-21)13-27-11-10-26-14-27/h4-12,14,18,21-22H,1-3,13H2/t18-,21+,22?/m1/s1. The van der Waals surface area contributed by atoms with Crippen LogP contribution in [0.25, 0.3) is 0 Å². The van der Waals surface area contributed by atoms with Crippen LogP contribution in [0.3, 0.4) is 0 Å². The Kier molecular flexibility index (Phi) is 6.78. The topological polar surface area (TPSA) is 36.3 Å². The molecular formula is C22H21Cl3N2O2. The first-order valence-electron chi connectivity index (χ1n) is 9.55.